The highest BCUT2D eigenvalue weighted by Crippen LogP contribution is 2.32. The average Bonchev–Trinajstić information content (AvgIpc) is 3.30. The van der Waals surface area contributed by atoms with Crippen molar-refractivity contribution in [1.29, 1.82) is 0 Å². The van der Waals surface area contributed by atoms with Crippen molar-refractivity contribution in [3.8, 4) is 0 Å². The lowest BCUT2D eigenvalue weighted by molar-refractivity contribution is -0.136. The SMILES string of the molecule is CN(C)[C@@H](CNC(=O)C1CCN(C(=O)C2CC2)CC1)c1ccco1. The van der Waals surface area contributed by atoms with Gasteiger partial charge in [0.25, 0.3) is 0 Å². The van der Waals surface area contributed by atoms with E-state index < -0.39 is 0 Å². The Hall–Kier alpha value is -1.82. The van der Waals surface area contributed by atoms with Gasteiger partial charge in [0.15, 0.2) is 0 Å². The second-order valence-electron chi connectivity index (χ2n) is 7.11. The fraction of sp³-hybridized carbons (Fsp3) is 0.667. The number of hydrogen-bond acceptors (Lipinski definition) is 4. The van der Waals surface area contributed by atoms with Crippen LogP contribution in [0.4, 0.5) is 0 Å². The number of carbonyl (C=O) groups excluding carboxylic acids is 2. The minimum atomic E-state index is 0.00710. The number of piperidine rings is 1. The summed E-state index contributed by atoms with van der Waals surface area (Å²) in [6, 6.07) is 3.82. The van der Waals surface area contributed by atoms with Gasteiger partial charge >= 0.3 is 0 Å². The number of carbonyl (C=O) groups is 2. The molecule has 0 spiro atoms. The fourth-order valence-electron chi connectivity index (χ4n) is 3.31. The summed E-state index contributed by atoms with van der Waals surface area (Å²) in [7, 11) is 3.95. The van der Waals surface area contributed by atoms with Crippen molar-refractivity contribution in [3.05, 3.63) is 24.2 Å². The Morgan fingerprint density at radius 2 is 1.96 bits per heavy atom. The number of likely N-dealkylation sites (tertiary alicyclic amines) is 1. The lowest BCUT2D eigenvalue weighted by atomic mass is 9.95. The van der Waals surface area contributed by atoms with Gasteiger partial charge in [-0.1, -0.05) is 0 Å². The van der Waals surface area contributed by atoms with Gasteiger partial charge in [-0.15, -0.1) is 0 Å². The molecule has 1 aliphatic carbocycles. The van der Waals surface area contributed by atoms with E-state index in [9.17, 15) is 9.59 Å². The van der Waals surface area contributed by atoms with E-state index >= 15 is 0 Å². The van der Waals surface area contributed by atoms with Crippen LogP contribution in [-0.4, -0.2) is 55.3 Å². The molecule has 1 saturated carbocycles. The van der Waals surface area contributed by atoms with Crippen molar-refractivity contribution in [2.24, 2.45) is 11.8 Å². The molecule has 0 bridgehead atoms. The number of likely N-dealkylation sites (N-methyl/N-ethyl adjacent to an activating group) is 1. The predicted molar refractivity (Wildman–Crippen MR) is 90.2 cm³/mol. The second kappa shape index (κ2) is 7.38. The Bertz CT molecular complexity index is 558. The quantitative estimate of drug-likeness (QED) is 0.860. The Labute approximate surface area is 143 Å². The highest BCUT2D eigenvalue weighted by atomic mass is 16.3. The van der Waals surface area contributed by atoms with Gasteiger partial charge in [-0.25, -0.2) is 0 Å². The molecule has 2 aliphatic rings. The third kappa shape index (κ3) is 3.98. The fourth-order valence-corrected chi connectivity index (χ4v) is 3.31. The summed E-state index contributed by atoms with van der Waals surface area (Å²) < 4.78 is 5.47. The molecule has 1 atom stereocenters. The van der Waals surface area contributed by atoms with Crippen molar-refractivity contribution in [2.75, 3.05) is 33.7 Å². The predicted octanol–water partition coefficient (Wildman–Crippen LogP) is 1.65. The maximum Gasteiger partial charge on any atom is 0.225 e. The lowest BCUT2D eigenvalue weighted by Gasteiger charge is -2.32. The molecule has 2 amide bonds. The van der Waals surface area contributed by atoms with E-state index in [1.54, 1.807) is 6.26 Å². The van der Waals surface area contributed by atoms with Crippen molar-refractivity contribution < 1.29 is 14.0 Å². The monoisotopic (exact) mass is 333 g/mol. The molecule has 0 radical (unpaired) electrons. The molecule has 1 saturated heterocycles. The number of nitrogens with one attached hydrogen (secondary N) is 1. The summed E-state index contributed by atoms with van der Waals surface area (Å²) in [5.41, 5.74) is 0. The Balaban J connectivity index is 1.46. The molecule has 132 valence electrons. The summed E-state index contributed by atoms with van der Waals surface area (Å²) in [6.45, 7) is 1.95. The van der Waals surface area contributed by atoms with Crippen molar-refractivity contribution in [3.63, 3.8) is 0 Å². The standard InChI is InChI=1S/C18H27N3O3/c1-20(2)15(16-4-3-11-24-16)12-19-17(22)13-7-9-21(10-8-13)18(23)14-5-6-14/h3-4,11,13-15H,5-10,12H2,1-2H3,(H,19,22)/t15-/m0/s1. The van der Waals surface area contributed by atoms with Crippen LogP contribution in [0.25, 0.3) is 0 Å². The first-order chi connectivity index (χ1) is 11.6. The Morgan fingerprint density at radius 1 is 1.25 bits per heavy atom. The molecule has 2 heterocycles. The summed E-state index contributed by atoms with van der Waals surface area (Å²) in [6.07, 6.45) is 5.26. The third-order valence-corrected chi connectivity index (χ3v) is 5.07. The van der Waals surface area contributed by atoms with Gasteiger partial charge in [0.2, 0.25) is 11.8 Å². The summed E-state index contributed by atoms with van der Waals surface area (Å²) in [4.78, 5) is 28.5. The van der Waals surface area contributed by atoms with Crippen molar-refractivity contribution in [2.45, 2.75) is 31.7 Å². The van der Waals surface area contributed by atoms with Gasteiger partial charge in [-0.05, 0) is 51.9 Å². The molecular formula is C18H27N3O3. The smallest absolute Gasteiger partial charge is 0.225 e. The average molecular weight is 333 g/mol. The van der Waals surface area contributed by atoms with Crippen LogP contribution >= 0.6 is 0 Å². The zero-order valence-electron chi connectivity index (χ0n) is 14.5. The highest BCUT2D eigenvalue weighted by molar-refractivity contribution is 5.82. The summed E-state index contributed by atoms with van der Waals surface area (Å²) in [5, 5.41) is 3.06. The van der Waals surface area contributed by atoms with Gasteiger partial charge in [0.1, 0.15) is 5.76 Å². The summed E-state index contributed by atoms with van der Waals surface area (Å²) >= 11 is 0. The first-order valence-corrected chi connectivity index (χ1v) is 8.82. The van der Waals surface area contributed by atoms with E-state index in [1.165, 1.54) is 0 Å². The minimum absolute atomic E-state index is 0.00710. The molecule has 1 aromatic rings. The Morgan fingerprint density at radius 3 is 2.50 bits per heavy atom. The first kappa shape index (κ1) is 17.0. The number of rotatable bonds is 6. The van der Waals surface area contributed by atoms with E-state index in [4.69, 9.17) is 4.42 Å². The molecule has 1 N–H and O–H groups in total. The van der Waals surface area contributed by atoms with Crippen LogP contribution in [0, 0.1) is 11.8 Å². The van der Waals surface area contributed by atoms with Crippen LogP contribution in [0.3, 0.4) is 0 Å². The topological polar surface area (TPSA) is 65.8 Å². The van der Waals surface area contributed by atoms with Crippen LogP contribution < -0.4 is 5.32 Å². The molecule has 3 rings (SSSR count). The van der Waals surface area contributed by atoms with Crippen LogP contribution in [-0.2, 0) is 9.59 Å². The van der Waals surface area contributed by atoms with Crippen molar-refractivity contribution >= 4 is 11.8 Å². The molecule has 6 heteroatoms. The molecule has 1 aromatic heterocycles. The maximum absolute atomic E-state index is 12.5. The minimum Gasteiger partial charge on any atom is -0.468 e. The molecule has 0 aromatic carbocycles. The van der Waals surface area contributed by atoms with Gasteiger partial charge in [-0.3, -0.25) is 14.5 Å². The highest BCUT2D eigenvalue weighted by Gasteiger charge is 2.36. The van der Waals surface area contributed by atoms with E-state index in [0.717, 1.165) is 31.4 Å². The molecule has 1 aliphatic heterocycles. The third-order valence-electron chi connectivity index (χ3n) is 5.07. The van der Waals surface area contributed by atoms with Crippen LogP contribution in [0.2, 0.25) is 0 Å². The van der Waals surface area contributed by atoms with Gasteiger partial charge in [-0.2, -0.15) is 0 Å². The number of hydrogen-bond donors (Lipinski definition) is 1. The van der Waals surface area contributed by atoms with E-state index in [1.807, 2.05) is 36.0 Å². The molecule has 2 fully saturated rings. The number of furan rings is 1. The maximum atomic E-state index is 12.5. The molecule has 0 unspecified atom stereocenters. The summed E-state index contributed by atoms with van der Waals surface area (Å²) in [5.74, 6) is 1.51. The van der Waals surface area contributed by atoms with Crippen LogP contribution in [0.5, 0.6) is 0 Å². The van der Waals surface area contributed by atoms with Crippen LogP contribution in [0.1, 0.15) is 37.5 Å². The number of nitrogens with zero attached hydrogens (tertiary/aromatic N) is 2. The van der Waals surface area contributed by atoms with Gasteiger partial charge in [0.05, 0.1) is 12.3 Å². The molecule has 24 heavy (non-hydrogen) atoms. The van der Waals surface area contributed by atoms with Gasteiger partial charge in [0, 0.05) is 31.5 Å². The molecule has 6 nitrogen and oxygen atoms in total. The van der Waals surface area contributed by atoms with E-state index in [0.29, 0.717) is 25.5 Å². The zero-order valence-corrected chi connectivity index (χ0v) is 14.5. The van der Waals surface area contributed by atoms with Crippen LogP contribution in [0.15, 0.2) is 22.8 Å². The number of amides is 2. The normalized spacial score (nSPS) is 20.2. The second-order valence-corrected chi connectivity index (χ2v) is 7.11. The van der Waals surface area contributed by atoms with Gasteiger partial charge < -0.3 is 14.6 Å². The Kier molecular flexibility index (Phi) is 5.23. The molecular weight excluding hydrogens is 306 g/mol. The van der Waals surface area contributed by atoms with Crippen molar-refractivity contribution in [1.82, 2.24) is 15.1 Å². The zero-order chi connectivity index (χ0) is 17.1. The lowest BCUT2D eigenvalue weighted by Crippen LogP contribution is -2.44. The first-order valence-electron chi connectivity index (χ1n) is 8.82. The largest absolute Gasteiger partial charge is 0.468 e. The van der Waals surface area contributed by atoms with E-state index in [2.05, 4.69) is 5.32 Å². The van der Waals surface area contributed by atoms with E-state index in [-0.39, 0.29) is 23.8 Å².